The van der Waals surface area contributed by atoms with Gasteiger partial charge in [-0.1, -0.05) is 12.1 Å². The molecule has 114 valence electrons. The summed E-state index contributed by atoms with van der Waals surface area (Å²) in [5.74, 6) is 0.0395. The molecule has 1 amide bonds. The van der Waals surface area contributed by atoms with Gasteiger partial charge in [0.1, 0.15) is 0 Å². The van der Waals surface area contributed by atoms with E-state index in [0.717, 1.165) is 37.3 Å². The predicted molar refractivity (Wildman–Crippen MR) is 84.6 cm³/mol. The number of benzene rings is 1. The summed E-state index contributed by atoms with van der Waals surface area (Å²) in [5.41, 5.74) is 7.32. The number of hydrogen-bond donors (Lipinski definition) is 2. The van der Waals surface area contributed by atoms with Crippen LogP contribution in [-0.2, 0) is 4.79 Å². The quantitative estimate of drug-likeness (QED) is 0.636. The number of aliphatic hydroxyl groups excluding tert-OH is 1. The molecule has 1 heterocycles. The van der Waals surface area contributed by atoms with E-state index < -0.39 is 0 Å². The Balaban J connectivity index is 1.89. The van der Waals surface area contributed by atoms with Crippen LogP contribution in [0.5, 0.6) is 0 Å². The highest BCUT2D eigenvalue weighted by Crippen LogP contribution is 2.08. The fraction of sp³-hybridized carbons (Fsp3) is 0.438. The molecule has 0 radical (unpaired) electrons. The first-order chi connectivity index (χ1) is 10.2. The Hall–Kier alpha value is -1.85. The maximum atomic E-state index is 12.2. The summed E-state index contributed by atoms with van der Waals surface area (Å²) in [4.78, 5) is 16.3. The first-order valence-electron chi connectivity index (χ1n) is 7.35. The predicted octanol–water partition coefficient (Wildman–Crippen LogP) is 0.809. The number of rotatable bonds is 4. The van der Waals surface area contributed by atoms with E-state index in [4.69, 9.17) is 10.8 Å². The molecule has 0 spiro atoms. The normalized spacial score (nSPS) is 17.1. The Morgan fingerprint density at radius 1 is 1.19 bits per heavy atom. The standard InChI is InChI=1S/C16H23N3O2/c17-15-5-2-14(3-6-15)4-7-16(21)19-9-1-8-18(10-11-19)12-13-20/h2-7,20H,1,8-13,17H2/b7-4+. The summed E-state index contributed by atoms with van der Waals surface area (Å²) in [5, 5.41) is 8.97. The largest absolute Gasteiger partial charge is 0.399 e. The van der Waals surface area contributed by atoms with Gasteiger partial charge in [0.15, 0.2) is 0 Å². The maximum absolute atomic E-state index is 12.2. The topological polar surface area (TPSA) is 69.8 Å². The van der Waals surface area contributed by atoms with Crippen LogP contribution in [0, 0.1) is 0 Å². The number of aliphatic hydroxyl groups is 1. The lowest BCUT2D eigenvalue weighted by atomic mass is 10.2. The molecule has 1 aliphatic heterocycles. The van der Waals surface area contributed by atoms with E-state index in [1.807, 2.05) is 35.2 Å². The van der Waals surface area contributed by atoms with E-state index in [2.05, 4.69) is 4.90 Å². The van der Waals surface area contributed by atoms with Crippen molar-refractivity contribution in [2.24, 2.45) is 0 Å². The average molecular weight is 289 g/mol. The number of carbonyl (C=O) groups is 1. The highest BCUT2D eigenvalue weighted by atomic mass is 16.3. The van der Waals surface area contributed by atoms with Crippen LogP contribution in [0.1, 0.15) is 12.0 Å². The van der Waals surface area contributed by atoms with Crippen LogP contribution in [0.2, 0.25) is 0 Å². The SMILES string of the molecule is Nc1ccc(/C=C/C(=O)N2CCCN(CCO)CC2)cc1. The minimum atomic E-state index is 0.0395. The van der Waals surface area contributed by atoms with Gasteiger partial charge in [0.2, 0.25) is 5.91 Å². The van der Waals surface area contributed by atoms with Crippen molar-refractivity contribution in [1.29, 1.82) is 0 Å². The second-order valence-corrected chi connectivity index (χ2v) is 5.24. The smallest absolute Gasteiger partial charge is 0.246 e. The van der Waals surface area contributed by atoms with E-state index in [0.29, 0.717) is 13.1 Å². The molecule has 1 aliphatic rings. The van der Waals surface area contributed by atoms with Gasteiger partial charge >= 0.3 is 0 Å². The molecule has 21 heavy (non-hydrogen) atoms. The van der Waals surface area contributed by atoms with Gasteiger partial charge in [-0.15, -0.1) is 0 Å². The molecule has 0 atom stereocenters. The fourth-order valence-electron chi connectivity index (χ4n) is 2.44. The van der Waals surface area contributed by atoms with Crippen molar-refractivity contribution in [3.63, 3.8) is 0 Å². The van der Waals surface area contributed by atoms with Crippen molar-refractivity contribution in [3.05, 3.63) is 35.9 Å². The Kier molecular flexibility index (Phi) is 5.78. The van der Waals surface area contributed by atoms with Crippen molar-refractivity contribution in [3.8, 4) is 0 Å². The minimum Gasteiger partial charge on any atom is -0.399 e. The molecule has 0 unspecified atom stereocenters. The molecule has 0 bridgehead atoms. The summed E-state index contributed by atoms with van der Waals surface area (Å²) < 4.78 is 0. The Morgan fingerprint density at radius 2 is 1.95 bits per heavy atom. The molecule has 1 saturated heterocycles. The number of nitrogen functional groups attached to an aromatic ring is 1. The highest BCUT2D eigenvalue weighted by Gasteiger charge is 2.16. The van der Waals surface area contributed by atoms with Gasteiger partial charge in [-0.25, -0.2) is 0 Å². The number of anilines is 1. The van der Waals surface area contributed by atoms with Crippen molar-refractivity contribution in [2.45, 2.75) is 6.42 Å². The number of hydrogen-bond acceptors (Lipinski definition) is 4. The molecule has 0 saturated carbocycles. The van der Waals surface area contributed by atoms with Gasteiger partial charge in [0.05, 0.1) is 6.61 Å². The Labute approximate surface area is 125 Å². The van der Waals surface area contributed by atoms with Crippen LogP contribution >= 0.6 is 0 Å². The van der Waals surface area contributed by atoms with Crippen molar-refractivity contribution >= 4 is 17.7 Å². The molecule has 0 aromatic heterocycles. The van der Waals surface area contributed by atoms with Crippen LogP contribution < -0.4 is 5.73 Å². The van der Waals surface area contributed by atoms with Gasteiger partial charge < -0.3 is 15.7 Å². The van der Waals surface area contributed by atoms with E-state index in [-0.39, 0.29) is 12.5 Å². The first kappa shape index (κ1) is 15.5. The molecule has 1 fully saturated rings. The second-order valence-electron chi connectivity index (χ2n) is 5.24. The summed E-state index contributed by atoms with van der Waals surface area (Å²) in [6.07, 6.45) is 4.38. The molecular weight excluding hydrogens is 266 g/mol. The second kappa shape index (κ2) is 7.81. The molecule has 1 aromatic carbocycles. The molecule has 1 aromatic rings. The molecule has 5 heteroatoms. The van der Waals surface area contributed by atoms with Crippen LogP contribution in [0.4, 0.5) is 5.69 Å². The number of β-amino-alcohol motifs (C(OH)–C–C–N with tert-alkyl or cyclic N) is 1. The van der Waals surface area contributed by atoms with Gasteiger partial charge in [0, 0.05) is 37.9 Å². The highest BCUT2D eigenvalue weighted by molar-refractivity contribution is 5.91. The third kappa shape index (κ3) is 4.88. The molecule has 5 nitrogen and oxygen atoms in total. The van der Waals surface area contributed by atoms with Gasteiger partial charge in [-0.05, 0) is 36.7 Å². The van der Waals surface area contributed by atoms with Gasteiger partial charge in [-0.2, -0.15) is 0 Å². The monoisotopic (exact) mass is 289 g/mol. The lowest BCUT2D eigenvalue weighted by Gasteiger charge is -2.20. The minimum absolute atomic E-state index is 0.0395. The molecule has 2 rings (SSSR count). The zero-order valence-electron chi connectivity index (χ0n) is 12.2. The first-order valence-corrected chi connectivity index (χ1v) is 7.35. The van der Waals surface area contributed by atoms with Crippen molar-refractivity contribution < 1.29 is 9.90 Å². The summed E-state index contributed by atoms with van der Waals surface area (Å²) >= 11 is 0. The summed E-state index contributed by atoms with van der Waals surface area (Å²) in [6.45, 7) is 4.10. The summed E-state index contributed by atoms with van der Waals surface area (Å²) in [6, 6.07) is 7.43. The zero-order valence-corrected chi connectivity index (χ0v) is 12.2. The third-order valence-corrected chi connectivity index (χ3v) is 3.67. The van der Waals surface area contributed by atoms with Gasteiger partial charge in [-0.3, -0.25) is 9.69 Å². The van der Waals surface area contributed by atoms with Crippen LogP contribution in [-0.4, -0.2) is 60.1 Å². The number of nitrogens with two attached hydrogens (primary N) is 1. The van der Waals surface area contributed by atoms with E-state index >= 15 is 0 Å². The maximum Gasteiger partial charge on any atom is 0.246 e. The van der Waals surface area contributed by atoms with E-state index in [1.165, 1.54) is 0 Å². The number of nitrogens with zero attached hydrogens (tertiary/aromatic N) is 2. The van der Waals surface area contributed by atoms with Crippen LogP contribution in [0.25, 0.3) is 6.08 Å². The zero-order chi connectivity index (χ0) is 15.1. The molecule has 3 N–H and O–H groups in total. The number of carbonyl (C=O) groups excluding carboxylic acids is 1. The molecule has 0 aliphatic carbocycles. The van der Waals surface area contributed by atoms with E-state index in [1.54, 1.807) is 6.08 Å². The Bertz CT molecular complexity index is 485. The Morgan fingerprint density at radius 3 is 2.67 bits per heavy atom. The van der Waals surface area contributed by atoms with Gasteiger partial charge in [0.25, 0.3) is 0 Å². The fourth-order valence-corrected chi connectivity index (χ4v) is 2.44. The lowest BCUT2D eigenvalue weighted by molar-refractivity contribution is -0.125. The average Bonchev–Trinajstić information content (AvgIpc) is 2.72. The third-order valence-electron chi connectivity index (χ3n) is 3.67. The molecular formula is C16H23N3O2. The number of amides is 1. The van der Waals surface area contributed by atoms with Crippen molar-refractivity contribution in [1.82, 2.24) is 9.80 Å². The lowest BCUT2D eigenvalue weighted by Crippen LogP contribution is -2.35. The van der Waals surface area contributed by atoms with E-state index in [9.17, 15) is 4.79 Å². The summed E-state index contributed by atoms with van der Waals surface area (Å²) in [7, 11) is 0. The van der Waals surface area contributed by atoms with Crippen LogP contribution in [0.15, 0.2) is 30.3 Å². The van der Waals surface area contributed by atoms with Crippen molar-refractivity contribution in [2.75, 3.05) is 45.1 Å². The van der Waals surface area contributed by atoms with Crippen LogP contribution in [0.3, 0.4) is 0 Å².